The molecule has 0 saturated carbocycles. The highest BCUT2D eigenvalue weighted by Crippen LogP contribution is 2.20. The maximum Gasteiger partial charge on any atom is 0.411 e. The van der Waals surface area contributed by atoms with Crippen LogP contribution >= 0.6 is 0 Å². The molecule has 2 N–H and O–H groups in total. The van der Waals surface area contributed by atoms with Crippen LogP contribution < -0.4 is 5.73 Å². The third-order valence-corrected chi connectivity index (χ3v) is 3.37. The predicted molar refractivity (Wildman–Crippen MR) is 66.6 cm³/mol. The van der Waals surface area contributed by atoms with E-state index in [0.29, 0.717) is 16.8 Å². The normalized spacial score (nSPS) is 13.8. The Balaban J connectivity index is 1.94. The Bertz CT molecular complexity index is 627. The molecule has 0 radical (unpaired) electrons. The lowest BCUT2D eigenvalue weighted by atomic mass is 10.3. The number of halogens is 3. The fourth-order valence-corrected chi connectivity index (χ4v) is 2.26. The van der Waals surface area contributed by atoms with E-state index in [1.807, 2.05) is 0 Å². The molecule has 20 heavy (non-hydrogen) atoms. The summed E-state index contributed by atoms with van der Waals surface area (Å²) >= 11 is 0. The number of hydrogen-bond acceptors (Lipinski definition) is 5. The van der Waals surface area contributed by atoms with E-state index < -0.39 is 23.6 Å². The molecule has 1 unspecified atom stereocenters. The highest BCUT2D eigenvalue weighted by molar-refractivity contribution is 7.84. The zero-order valence-corrected chi connectivity index (χ0v) is 11.0. The Morgan fingerprint density at radius 3 is 2.85 bits per heavy atom. The molecule has 0 aliphatic rings. The Labute approximate surface area is 114 Å². The molecule has 5 nitrogen and oxygen atoms in total. The minimum Gasteiger partial charge on any atom is -0.430 e. The van der Waals surface area contributed by atoms with Gasteiger partial charge in [-0.25, -0.2) is 9.19 Å². The van der Waals surface area contributed by atoms with Gasteiger partial charge in [-0.1, -0.05) is 0 Å². The van der Waals surface area contributed by atoms with Crippen LogP contribution in [0.4, 0.5) is 18.9 Å². The molecule has 2 aromatic rings. The molecule has 0 fully saturated rings. The molecule has 1 atom stereocenters. The summed E-state index contributed by atoms with van der Waals surface area (Å²) in [5.41, 5.74) is 6.91. The molecule has 1 aromatic carbocycles. The van der Waals surface area contributed by atoms with Gasteiger partial charge in [0.15, 0.2) is 5.58 Å². The van der Waals surface area contributed by atoms with E-state index in [2.05, 4.69) is 9.72 Å². The summed E-state index contributed by atoms with van der Waals surface area (Å²) in [7, 11) is -1.66. The Morgan fingerprint density at radius 2 is 2.15 bits per heavy atom. The van der Waals surface area contributed by atoms with Gasteiger partial charge in [0.05, 0.1) is 12.4 Å². The fraction of sp³-hybridized carbons (Fsp3) is 0.364. The highest BCUT2D eigenvalue weighted by Gasteiger charge is 2.27. The standard InChI is InChI=1S/C11H11F3N2O3S/c12-11(13,14)6-18-3-4-20(17)10-16-8-5-7(15)1-2-9(8)19-10/h1-2,5H,3-4,6,15H2. The summed E-state index contributed by atoms with van der Waals surface area (Å²) < 4.78 is 56.9. The van der Waals surface area contributed by atoms with Crippen LogP contribution in [0.25, 0.3) is 11.1 Å². The summed E-state index contributed by atoms with van der Waals surface area (Å²) in [6.07, 6.45) is -4.39. The summed E-state index contributed by atoms with van der Waals surface area (Å²) in [6.45, 7) is -1.67. The number of anilines is 1. The second kappa shape index (κ2) is 5.80. The van der Waals surface area contributed by atoms with E-state index in [1.165, 1.54) is 0 Å². The third kappa shape index (κ3) is 3.94. The number of alkyl halides is 3. The van der Waals surface area contributed by atoms with Crippen molar-refractivity contribution in [3.63, 3.8) is 0 Å². The first-order valence-corrected chi connectivity index (χ1v) is 6.86. The average molecular weight is 308 g/mol. The molecule has 9 heteroatoms. The average Bonchev–Trinajstić information content (AvgIpc) is 2.76. The maximum atomic E-state index is 11.8. The number of nitrogens with zero attached hydrogens (tertiary/aromatic N) is 1. The highest BCUT2D eigenvalue weighted by atomic mass is 32.2. The second-order valence-electron chi connectivity index (χ2n) is 3.92. The Kier molecular flexibility index (Phi) is 4.29. The first-order valence-electron chi connectivity index (χ1n) is 5.54. The zero-order chi connectivity index (χ0) is 14.8. The van der Waals surface area contributed by atoms with Crippen LogP contribution in [0.15, 0.2) is 27.8 Å². The fourth-order valence-electron chi connectivity index (χ4n) is 1.43. The van der Waals surface area contributed by atoms with Gasteiger partial charge in [-0.15, -0.1) is 0 Å². The van der Waals surface area contributed by atoms with Crippen molar-refractivity contribution in [3.05, 3.63) is 18.2 Å². The number of benzene rings is 1. The lowest BCUT2D eigenvalue weighted by Crippen LogP contribution is -2.19. The Morgan fingerprint density at radius 1 is 1.40 bits per heavy atom. The summed E-state index contributed by atoms with van der Waals surface area (Å²) in [6, 6.07) is 4.74. The molecule has 110 valence electrons. The van der Waals surface area contributed by atoms with Gasteiger partial charge in [0.25, 0.3) is 5.22 Å². The number of fused-ring (bicyclic) bond motifs is 1. The summed E-state index contributed by atoms with van der Waals surface area (Å²) in [4.78, 5) is 3.98. The minimum absolute atomic E-state index is 0.0544. The van der Waals surface area contributed by atoms with Crippen molar-refractivity contribution in [2.24, 2.45) is 0 Å². The SMILES string of the molecule is Nc1ccc2oc(S(=O)CCOCC(F)(F)F)nc2c1. The van der Waals surface area contributed by atoms with Gasteiger partial charge < -0.3 is 14.9 Å². The predicted octanol–water partition coefficient (Wildman–Crippen LogP) is 2.10. The number of rotatable bonds is 5. The van der Waals surface area contributed by atoms with Crippen LogP contribution in [-0.2, 0) is 15.5 Å². The molecule has 0 saturated heterocycles. The van der Waals surface area contributed by atoms with Crippen molar-refractivity contribution in [3.8, 4) is 0 Å². The van der Waals surface area contributed by atoms with Gasteiger partial charge in [0.2, 0.25) is 0 Å². The van der Waals surface area contributed by atoms with E-state index in [0.717, 1.165) is 0 Å². The number of ether oxygens (including phenoxy) is 1. The van der Waals surface area contributed by atoms with E-state index in [1.54, 1.807) is 18.2 Å². The third-order valence-electron chi connectivity index (χ3n) is 2.27. The van der Waals surface area contributed by atoms with Crippen molar-refractivity contribution in [2.75, 3.05) is 24.7 Å². The van der Waals surface area contributed by atoms with Crippen LogP contribution in [0.5, 0.6) is 0 Å². The van der Waals surface area contributed by atoms with Crippen LogP contribution in [0, 0.1) is 0 Å². The number of aromatic nitrogens is 1. The summed E-state index contributed by atoms with van der Waals surface area (Å²) in [5, 5.41) is -0.0544. The topological polar surface area (TPSA) is 78.3 Å². The molecular weight excluding hydrogens is 297 g/mol. The first kappa shape index (κ1) is 14.8. The van der Waals surface area contributed by atoms with E-state index in [4.69, 9.17) is 10.2 Å². The molecule has 2 rings (SSSR count). The van der Waals surface area contributed by atoms with Crippen LogP contribution in [0.1, 0.15) is 0 Å². The van der Waals surface area contributed by atoms with Gasteiger partial charge >= 0.3 is 6.18 Å². The van der Waals surface area contributed by atoms with Gasteiger partial charge in [0.1, 0.15) is 22.9 Å². The van der Waals surface area contributed by atoms with Crippen LogP contribution in [0.3, 0.4) is 0 Å². The number of hydrogen-bond donors (Lipinski definition) is 1. The van der Waals surface area contributed by atoms with Crippen molar-refractivity contribution in [2.45, 2.75) is 11.4 Å². The molecule has 1 aromatic heterocycles. The summed E-state index contributed by atoms with van der Waals surface area (Å²) in [5.74, 6) is -0.127. The van der Waals surface area contributed by atoms with Crippen molar-refractivity contribution >= 4 is 27.6 Å². The van der Waals surface area contributed by atoms with E-state index in [-0.39, 0.29) is 17.6 Å². The Hall–Kier alpha value is -1.61. The lowest BCUT2D eigenvalue weighted by molar-refractivity contribution is -0.172. The lowest BCUT2D eigenvalue weighted by Gasteiger charge is -2.06. The smallest absolute Gasteiger partial charge is 0.411 e. The number of oxazole rings is 1. The van der Waals surface area contributed by atoms with E-state index >= 15 is 0 Å². The monoisotopic (exact) mass is 308 g/mol. The molecule has 0 aliphatic carbocycles. The molecule has 0 bridgehead atoms. The van der Waals surface area contributed by atoms with Crippen LogP contribution in [-0.4, -0.2) is 34.3 Å². The zero-order valence-electron chi connectivity index (χ0n) is 10.1. The van der Waals surface area contributed by atoms with Crippen molar-refractivity contribution in [1.82, 2.24) is 4.98 Å². The van der Waals surface area contributed by atoms with Gasteiger partial charge in [0, 0.05) is 5.69 Å². The molecule has 1 heterocycles. The molecule has 0 aliphatic heterocycles. The quantitative estimate of drug-likeness (QED) is 0.676. The number of nitrogen functional groups attached to an aromatic ring is 1. The van der Waals surface area contributed by atoms with Crippen LogP contribution in [0.2, 0.25) is 0 Å². The maximum absolute atomic E-state index is 11.8. The minimum atomic E-state index is -4.39. The van der Waals surface area contributed by atoms with Crippen molar-refractivity contribution in [1.29, 1.82) is 0 Å². The molecule has 0 amide bonds. The van der Waals surface area contributed by atoms with E-state index in [9.17, 15) is 17.4 Å². The van der Waals surface area contributed by atoms with Gasteiger partial charge in [-0.3, -0.25) is 0 Å². The first-order chi connectivity index (χ1) is 9.35. The largest absolute Gasteiger partial charge is 0.430 e. The molecular formula is C11H11F3N2O3S. The second-order valence-corrected chi connectivity index (χ2v) is 5.37. The van der Waals surface area contributed by atoms with Crippen molar-refractivity contribution < 1.29 is 26.5 Å². The molecule has 0 spiro atoms. The van der Waals surface area contributed by atoms with Gasteiger partial charge in [-0.2, -0.15) is 13.2 Å². The van der Waals surface area contributed by atoms with Gasteiger partial charge in [-0.05, 0) is 18.2 Å². The number of nitrogens with two attached hydrogens (primary N) is 1.